The summed E-state index contributed by atoms with van der Waals surface area (Å²) in [5.74, 6) is 0.275. The first-order valence-electron chi connectivity index (χ1n) is 6.76. The molecule has 2 rings (SSSR count). The Balaban J connectivity index is 2.00. The highest BCUT2D eigenvalue weighted by atomic mass is 16.2. The number of carbonyl (C=O) groups is 1. The van der Waals surface area contributed by atoms with Crippen molar-refractivity contribution in [3.63, 3.8) is 0 Å². The highest BCUT2D eigenvalue weighted by molar-refractivity contribution is 5.82. The lowest BCUT2D eigenvalue weighted by molar-refractivity contribution is -0.135. The van der Waals surface area contributed by atoms with Crippen LogP contribution in [0.5, 0.6) is 0 Å². The smallest absolute Gasteiger partial charge is 0.239 e. The van der Waals surface area contributed by atoms with Crippen molar-refractivity contribution >= 4 is 5.91 Å². The quantitative estimate of drug-likeness (QED) is 0.855. The molecule has 1 amide bonds. The average Bonchev–Trinajstić information content (AvgIpc) is 3.02. The third kappa shape index (κ3) is 2.72. The Hall–Kier alpha value is -1.36. The summed E-state index contributed by atoms with van der Waals surface area (Å²) in [4.78, 5) is 23.7. The van der Waals surface area contributed by atoms with Crippen LogP contribution in [0.4, 0.5) is 0 Å². The summed E-state index contributed by atoms with van der Waals surface area (Å²) in [7, 11) is 0. The molecule has 0 bridgehead atoms. The Morgan fingerprint density at radius 1 is 1.56 bits per heavy atom. The molecule has 1 fully saturated rings. The number of imidazole rings is 1. The lowest BCUT2D eigenvalue weighted by atomic mass is 10.2. The van der Waals surface area contributed by atoms with Gasteiger partial charge in [0, 0.05) is 31.5 Å². The van der Waals surface area contributed by atoms with Gasteiger partial charge in [-0.3, -0.25) is 9.69 Å². The molecule has 1 aliphatic heterocycles. The first kappa shape index (κ1) is 13.1. The Bertz CT molecular complexity index is 372. The molecule has 1 aromatic rings. The predicted octanol–water partition coefficient (Wildman–Crippen LogP) is 1.24. The molecule has 1 aliphatic rings. The number of nitrogens with zero attached hydrogens (tertiary/aromatic N) is 3. The van der Waals surface area contributed by atoms with Crippen molar-refractivity contribution in [3.8, 4) is 0 Å². The van der Waals surface area contributed by atoms with E-state index in [2.05, 4.69) is 14.9 Å². The number of hydrogen-bond donors (Lipinski definition) is 1. The second kappa shape index (κ2) is 6.00. The standard InChI is InChI=1S/C13H22N4O/c1-3-16(4-2)13(18)12-6-5-7-17(12)9-11-8-14-10-15-11/h8,10,12H,3-7,9H2,1-2H3,(H,14,15). The topological polar surface area (TPSA) is 52.2 Å². The van der Waals surface area contributed by atoms with Crippen LogP contribution in [0.1, 0.15) is 32.4 Å². The first-order chi connectivity index (χ1) is 8.76. The van der Waals surface area contributed by atoms with Gasteiger partial charge in [0.1, 0.15) is 0 Å². The van der Waals surface area contributed by atoms with Crippen molar-refractivity contribution in [3.05, 3.63) is 18.2 Å². The summed E-state index contributed by atoms with van der Waals surface area (Å²) in [5, 5.41) is 0. The second-order valence-electron chi connectivity index (χ2n) is 4.72. The number of likely N-dealkylation sites (tertiary alicyclic amines) is 1. The average molecular weight is 250 g/mol. The van der Waals surface area contributed by atoms with Gasteiger partial charge in [-0.2, -0.15) is 0 Å². The predicted molar refractivity (Wildman–Crippen MR) is 69.9 cm³/mol. The lowest BCUT2D eigenvalue weighted by Crippen LogP contribution is -2.45. The summed E-state index contributed by atoms with van der Waals surface area (Å²) in [6.07, 6.45) is 5.60. The van der Waals surface area contributed by atoms with Crippen molar-refractivity contribution < 1.29 is 4.79 Å². The first-order valence-corrected chi connectivity index (χ1v) is 6.76. The van der Waals surface area contributed by atoms with E-state index in [1.807, 2.05) is 24.9 Å². The van der Waals surface area contributed by atoms with Gasteiger partial charge in [-0.05, 0) is 33.2 Å². The van der Waals surface area contributed by atoms with Crippen LogP contribution in [0.2, 0.25) is 0 Å². The monoisotopic (exact) mass is 250 g/mol. The van der Waals surface area contributed by atoms with Gasteiger partial charge >= 0.3 is 0 Å². The van der Waals surface area contributed by atoms with E-state index in [9.17, 15) is 4.79 Å². The van der Waals surface area contributed by atoms with Gasteiger partial charge in [0.2, 0.25) is 5.91 Å². The zero-order chi connectivity index (χ0) is 13.0. The summed E-state index contributed by atoms with van der Waals surface area (Å²) >= 11 is 0. The van der Waals surface area contributed by atoms with Gasteiger partial charge in [-0.25, -0.2) is 4.98 Å². The molecule has 100 valence electrons. The Kier molecular flexibility index (Phi) is 4.36. The summed E-state index contributed by atoms with van der Waals surface area (Å²) in [5.41, 5.74) is 1.08. The van der Waals surface area contributed by atoms with Crippen molar-refractivity contribution in [2.24, 2.45) is 0 Å². The minimum Gasteiger partial charge on any atom is -0.347 e. The fourth-order valence-corrected chi connectivity index (χ4v) is 2.63. The van der Waals surface area contributed by atoms with Crippen LogP contribution < -0.4 is 0 Å². The maximum atomic E-state index is 12.4. The summed E-state index contributed by atoms with van der Waals surface area (Å²) < 4.78 is 0. The fourth-order valence-electron chi connectivity index (χ4n) is 2.63. The third-order valence-electron chi connectivity index (χ3n) is 3.65. The third-order valence-corrected chi connectivity index (χ3v) is 3.65. The molecule has 5 nitrogen and oxygen atoms in total. The van der Waals surface area contributed by atoms with Gasteiger partial charge in [-0.15, -0.1) is 0 Å². The summed E-state index contributed by atoms with van der Waals surface area (Å²) in [6, 6.07) is 0.0493. The Morgan fingerprint density at radius 3 is 2.94 bits per heavy atom. The fraction of sp³-hybridized carbons (Fsp3) is 0.692. The van der Waals surface area contributed by atoms with E-state index in [1.165, 1.54) is 0 Å². The van der Waals surface area contributed by atoms with E-state index in [1.54, 1.807) is 6.33 Å². The molecule has 1 atom stereocenters. The number of hydrogen-bond acceptors (Lipinski definition) is 3. The van der Waals surface area contributed by atoms with Crippen molar-refractivity contribution in [1.82, 2.24) is 19.8 Å². The van der Waals surface area contributed by atoms with Crippen LogP contribution in [0.25, 0.3) is 0 Å². The number of aromatic nitrogens is 2. The van der Waals surface area contributed by atoms with Gasteiger partial charge in [0.25, 0.3) is 0 Å². The maximum Gasteiger partial charge on any atom is 0.239 e. The highest BCUT2D eigenvalue weighted by Gasteiger charge is 2.32. The molecule has 0 spiro atoms. The van der Waals surface area contributed by atoms with E-state index in [4.69, 9.17) is 0 Å². The molecule has 18 heavy (non-hydrogen) atoms. The Morgan fingerprint density at radius 2 is 2.33 bits per heavy atom. The number of amides is 1. The van der Waals surface area contributed by atoms with E-state index in [0.29, 0.717) is 0 Å². The van der Waals surface area contributed by atoms with E-state index in [-0.39, 0.29) is 11.9 Å². The molecule has 0 aliphatic carbocycles. The molecular formula is C13H22N4O. The van der Waals surface area contributed by atoms with Crippen LogP contribution in [-0.2, 0) is 11.3 Å². The zero-order valence-electron chi connectivity index (χ0n) is 11.2. The second-order valence-corrected chi connectivity index (χ2v) is 4.72. The normalized spacial score (nSPS) is 20.2. The van der Waals surface area contributed by atoms with Crippen molar-refractivity contribution in [2.45, 2.75) is 39.3 Å². The number of likely N-dealkylation sites (N-methyl/N-ethyl adjacent to an activating group) is 1. The molecule has 1 aromatic heterocycles. The minimum absolute atomic E-state index is 0.0493. The van der Waals surface area contributed by atoms with Crippen LogP contribution in [-0.4, -0.2) is 51.4 Å². The van der Waals surface area contributed by atoms with Crippen LogP contribution in [0, 0.1) is 0 Å². The van der Waals surface area contributed by atoms with Crippen molar-refractivity contribution in [2.75, 3.05) is 19.6 Å². The van der Waals surface area contributed by atoms with Gasteiger partial charge in [-0.1, -0.05) is 0 Å². The number of carbonyl (C=O) groups excluding carboxylic acids is 1. The Labute approximate surface area is 108 Å². The molecule has 1 saturated heterocycles. The van der Waals surface area contributed by atoms with Crippen LogP contribution >= 0.6 is 0 Å². The summed E-state index contributed by atoms with van der Waals surface area (Å²) in [6.45, 7) is 7.45. The van der Waals surface area contributed by atoms with Crippen molar-refractivity contribution in [1.29, 1.82) is 0 Å². The van der Waals surface area contributed by atoms with Gasteiger partial charge in [0.05, 0.1) is 12.4 Å². The zero-order valence-corrected chi connectivity index (χ0v) is 11.2. The van der Waals surface area contributed by atoms with Crippen LogP contribution in [0.3, 0.4) is 0 Å². The number of aromatic amines is 1. The molecule has 2 heterocycles. The molecule has 5 heteroatoms. The molecule has 0 aromatic carbocycles. The number of H-pyrrole nitrogens is 1. The van der Waals surface area contributed by atoms with Gasteiger partial charge < -0.3 is 9.88 Å². The molecule has 0 saturated carbocycles. The molecule has 1 unspecified atom stereocenters. The lowest BCUT2D eigenvalue weighted by Gasteiger charge is -2.28. The molecular weight excluding hydrogens is 228 g/mol. The molecule has 0 radical (unpaired) electrons. The van der Waals surface area contributed by atoms with Crippen LogP contribution in [0.15, 0.2) is 12.5 Å². The largest absolute Gasteiger partial charge is 0.347 e. The van der Waals surface area contributed by atoms with E-state index >= 15 is 0 Å². The number of rotatable bonds is 5. The van der Waals surface area contributed by atoms with E-state index < -0.39 is 0 Å². The SMILES string of the molecule is CCN(CC)C(=O)C1CCCN1Cc1cnc[nH]1. The van der Waals surface area contributed by atoms with E-state index in [0.717, 1.165) is 44.7 Å². The highest BCUT2D eigenvalue weighted by Crippen LogP contribution is 2.21. The number of nitrogens with one attached hydrogen (secondary N) is 1. The molecule has 1 N–H and O–H groups in total. The minimum atomic E-state index is 0.0493. The van der Waals surface area contributed by atoms with Gasteiger partial charge in [0.15, 0.2) is 0 Å². The maximum absolute atomic E-state index is 12.4.